The van der Waals surface area contributed by atoms with E-state index in [0.717, 1.165) is 25.1 Å². The Balaban J connectivity index is 2.37. The zero-order valence-electron chi connectivity index (χ0n) is 16.7. The first-order valence-electron chi connectivity index (χ1n) is 9.18. The second-order valence-electron chi connectivity index (χ2n) is 6.96. The lowest BCUT2D eigenvalue weighted by atomic mass is 10.2. The Bertz CT molecular complexity index is 555. The summed E-state index contributed by atoms with van der Waals surface area (Å²) in [6, 6.07) is 5.89. The van der Waals surface area contributed by atoms with Crippen molar-refractivity contribution in [2.24, 2.45) is 4.99 Å². The number of pyridine rings is 1. The Hall–Kier alpha value is -2.31. The monoisotopic (exact) mass is 363 g/mol. The number of nitrogens with zero attached hydrogens (tertiary/aromatic N) is 3. The SMILES string of the molecule is CCCN(CCNC(=NC)NCCc1ccccn1)C(=O)OC(C)(C)C. The van der Waals surface area contributed by atoms with Crippen LogP contribution in [-0.4, -0.2) is 60.8 Å². The van der Waals surface area contributed by atoms with Crippen LogP contribution in [-0.2, 0) is 11.2 Å². The van der Waals surface area contributed by atoms with E-state index in [1.807, 2.05) is 45.9 Å². The number of aliphatic imine (C=N–C) groups is 1. The van der Waals surface area contributed by atoms with Crippen molar-refractivity contribution in [2.75, 3.05) is 33.2 Å². The second kappa shape index (κ2) is 11.3. The van der Waals surface area contributed by atoms with Crippen LogP contribution in [0.4, 0.5) is 4.79 Å². The first kappa shape index (κ1) is 21.7. The van der Waals surface area contributed by atoms with Crippen molar-refractivity contribution < 1.29 is 9.53 Å². The summed E-state index contributed by atoms with van der Waals surface area (Å²) in [7, 11) is 1.73. The fraction of sp³-hybridized carbons (Fsp3) is 0.632. The molecule has 1 aromatic rings. The zero-order chi connectivity index (χ0) is 19.4. The van der Waals surface area contributed by atoms with Crippen LogP contribution < -0.4 is 10.6 Å². The number of hydrogen-bond donors (Lipinski definition) is 2. The van der Waals surface area contributed by atoms with Gasteiger partial charge in [-0.05, 0) is 39.3 Å². The summed E-state index contributed by atoms with van der Waals surface area (Å²) in [6.07, 6.45) is 3.22. The van der Waals surface area contributed by atoms with E-state index in [0.29, 0.717) is 25.6 Å². The minimum atomic E-state index is -0.487. The van der Waals surface area contributed by atoms with Gasteiger partial charge < -0.3 is 20.3 Å². The molecule has 0 aliphatic heterocycles. The van der Waals surface area contributed by atoms with Crippen molar-refractivity contribution in [1.82, 2.24) is 20.5 Å². The summed E-state index contributed by atoms with van der Waals surface area (Å²) in [5.41, 5.74) is 0.550. The lowest BCUT2D eigenvalue weighted by Crippen LogP contribution is -2.45. The van der Waals surface area contributed by atoms with Gasteiger partial charge in [0, 0.05) is 51.5 Å². The molecular weight excluding hydrogens is 330 g/mol. The number of hydrogen-bond acceptors (Lipinski definition) is 4. The number of carbonyl (C=O) groups excluding carboxylic acids is 1. The Kier molecular flexibility index (Phi) is 9.47. The van der Waals surface area contributed by atoms with Crippen LogP contribution in [0.3, 0.4) is 0 Å². The van der Waals surface area contributed by atoms with Crippen LogP contribution in [0, 0.1) is 0 Å². The maximum atomic E-state index is 12.2. The van der Waals surface area contributed by atoms with Crippen molar-refractivity contribution in [3.8, 4) is 0 Å². The van der Waals surface area contributed by atoms with Crippen LogP contribution >= 0.6 is 0 Å². The smallest absolute Gasteiger partial charge is 0.410 e. The number of guanidine groups is 1. The van der Waals surface area contributed by atoms with Gasteiger partial charge in [0.15, 0.2) is 5.96 Å². The van der Waals surface area contributed by atoms with Crippen molar-refractivity contribution in [1.29, 1.82) is 0 Å². The maximum Gasteiger partial charge on any atom is 0.410 e. The average molecular weight is 364 g/mol. The van der Waals surface area contributed by atoms with E-state index in [2.05, 4.69) is 20.6 Å². The molecule has 0 radical (unpaired) electrons. The average Bonchev–Trinajstić information content (AvgIpc) is 2.59. The number of amides is 1. The summed E-state index contributed by atoms with van der Waals surface area (Å²) in [4.78, 5) is 22.5. The molecule has 0 fully saturated rings. The Morgan fingerprint density at radius 1 is 1.23 bits per heavy atom. The molecule has 7 heteroatoms. The molecule has 1 heterocycles. The number of carbonyl (C=O) groups is 1. The lowest BCUT2D eigenvalue weighted by molar-refractivity contribution is 0.0253. The topological polar surface area (TPSA) is 78.9 Å². The van der Waals surface area contributed by atoms with Crippen molar-refractivity contribution in [3.05, 3.63) is 30.1 Å². The molecule has 1 amide bonds. The first-order chi connectivity index (χ1) is 12.4. The van der Waals surface area contributed by atoms with E-state index in [4.69, 9.17) is 4.74 Å². The molecule has 146 valence electrons. The van der Waals surface area contributed by atoms with Crippen LogP contribution in [0.1, 0.15) is 39.8 Å². The summed E-state index contributed by atoms with van der Waals surface area (Å²) in [5.74, 6) is 0.710. The normalized spacial score (nSPS) is 11.8. The summed E-state index contributed by atoms with van der Waals surface area (Å²) in [6.45, 7) is 10.2. The van der Waals surface area contributed by atoms with Crippen LogP contribution in [0.15, 0.2) is 29.4 Å². The molecule has 0 atom stereocenters. The molecule has 0 bridgehead atoms. The minimum Gasteiger partial charge on any atom is -0.444 e. The van der Waals surface area contributed by atoms with Gasteiger partial charge in [0.25, 0.3) is 0 Å². The number of rotatable bonds is 8. The Morgan fingerprint density at radius 3 is 2.54 bits per heavy atom. The predicted molar refractivity (Wildman–Crippen MR) is 105 cm³/mol. The molecule has 0 aliphatic carbocycles. The predicted octanol–water partition coefficient (Wildman–Crippen LogP) is 2.44. The zero-order valence-corrected chi connectivity index (χ0v) is 16.7. The Labute approximate surface area is 157 Å². The highest BCUT2D eigenvalue weighted by Crippen LogP contribution is 2.10. The standard InChI is InChI=1S/C19H33N5O2/c1-6-14-24(18(25)26-19(2,3)4)15-13-23-17(20-5)22-12-10-16-9-7-8-11-21-16/h7-9,11H,6,10,12-15H2,1-5H3,(H2,20,22,23). The second-order valence-corrected chi connectivity index (χ2v) is 6.96. The molecule has 0 saturated heterocycles. The fourth-order valence-electron chi connectivity index (χ4n) is 2.28. The molecule has 0 aliphatic rings. The van der Waals surface area contributed by atoms with E-state index < -0.39 is 5.60 Å². The molecule has 0 unspecified atom stereocenters. The molecule has 2 N–H and O–H groups in total. The first-order valence-corrected chi connectivity index (χ1v) is 9.18. The molecule has 7 nitrogen and oxygen atoms in total. The van der Waals surface area contributed by atoms with Gasteiger partial charge in [-0.25, -0.2) is 4.79 Å². The van der Waals surface area contributed by atoms with Crippen molar-refractivity contribution in [2.45, 2.75) is 46.1 Å². The van der Waals surface area contributed by atoms with E-state index in [-0.39, 0.29) is 6.09 Å². The highest BCUT2D eigenvalue weighted by Gasteiger charge is 2.21. The lowest BCUT2D eigenvalue weighted by Gasteiger charge is -2.27. The molecule has 0 saturated carbocycles. The quantitative estimate of drug-likeness (QED) is 0.548. The molecular formula is C19H33N5O2. The molecule has 1 aromatic heterocycles. The van der Waals surface area contributed by atoms with Crippen LogP contribution in [0.25, 0.3) is 0 Å². The molecule has 1 rings (SSSR count). The highest BCUT2D eigenvalue weighted by molar-refractivity contribution is 5.79. The largest absolute Gasteiger partial charge is 0.444 e. The van der Waals surface area contributed by atoms with Gasteiger partial charge in [0.05, 0.1) is 0 Å². The van der Waals surface area contributed by atoms with E-state index in [1.54, 1.807) is 18.1 Å². The number of ether oxygens (including phenoxy) is 1. The van der Waals surface area contributed by atoms with E-state index >= 15 is 0 Å². The summed E-state index contributed by atoms with van der Waals surface area (Å²) in [5, 5.41) is 6.49. The summed E-state index contributed by atoms with van der Waals surface area (Å²) < 4.78 is 5.46. The molecule has 26 heavy (non-hydrogen) atoms. The van der Waals surface area contributed by atoms with Gasteiger partial charge in [-0.2, -0.15) is 0 Å². The van der Waals surface area contributed by atoms with Crippen molar-refractivity contribution >= 4 is 12.1 Å². The van der Waals surface area contributed by atoms with Crippen LogP contribution in [0.5, 0.6) is 0 Å². The highest BCUT2D eigenvalue weighted by atomic mass is 16.6. The number of aromatic nitrogens is 1. The minimum absolute atomic E-state index is 0.278. The molecule has 0 spiro atoms. The van der Waals surface area contributed by atoms with E-state index in [9.17, 15) is 4.79 Å². The number of nitrogens with one attached hydrogen (secondary N) is 2. The summed E-state index contributed by atoms with van der Waals surface area (Å²) >= 11 is 0. The van der Waals surface area contributed by atoms with Crippen LogP contribution in [0.2, 0.25) is 0 Å². The fourth-order valence-corrected chi connectivity index (χ4v) is 2.28. The van der Waals surface area contributed by atoms with Gasteiger partial charge in [-0.1, -0.05) is 13.0 Å². The van der Waals surface area contributed by atoms with Gasteiger partial charge in [0.2, 0.25) is 0 Å². The van der Waals surface area contributed by atoms with Gasteiger partial charge in [0.1, 0.15) is 5.60 Å². The molecule has 0 aromatic carbocycles. The third kappa shape index (κ3) is 9.25. The maximum absolute atomic E-state index is 12.2. The van der Waals surface area contributed by atoms with E-state index in [1.165, 1.54) is 0 Å². The van der Waals surface area contributed by atoms with Gasteiger partial charge in [-0.15, -0.1) is 0 Å². The van der Waals surface area contributed by atoms with Gasteiger partial charge >= 0.3 is 6.09 Å². The Morgan fingerprint density at radius 2 is 1.96 bits per heavy atom. The van der Waals surface area contributed by atoms with Gasteiger partial charge in [-0.3, -0.25) is 9.98 Å². The third-order valence-corrected chi connectivity index (χ3v) is 3.44. The van der Waals surface area contributed by atoms with Crippen molar-refractivity contribution in [3.63, 3.8) is 0 Å². The third-order valence-electron chi connectivity index (χ3n) is 3.44.